The minimum absolute atomic E-state index is 0.0206. The van der Waals surface area contributed by atoms with Crippen molar-refractivity contribution in [3.63, 3.8) is 0 Å². The molecule has 2 rings (SSSR count). The zero-order valence-corrected chi connectivity index (χ0v) is 13.3. The third-order valence-corrected chi connectivity index (χ3v) is 6.02. The zero-order valence-electron chi connectivity index (χ0n) is 12.5. The average molecular weight is 319 g/mol. The molecule has 1 aliphatic heterocycles. The number of aliphatic carboxylic acids is 1. The molecule has 0 spiro atoms. The predicted molar refractivity (Wildman–Crippen MR) is 79.2 cm³/mol. The largest absolute Gasteiger partial charge is 0.480 e. The second kappa shape index (κ2) is 7.04. The van der Waals surface area contributed by atoms with Crippen LogP contribution in [-0.4, -0.2) is 67.0 Å². The van der Waals surface area contributed by atoms with Crippen LogP contribution in [0.15, 0.2) is 0 Å². The van der Waals surface area contributed by atoms with Crippen molar-refractivity contribution in [1.82, 2.24) is 13.9 Å². The third-order valence-electron chi connectivity index (χ3n) is 4.34. The van der Waals surface area contributed by atoms with Crippen molar-refractivity contribution in [3.05, 3.63) is 0 Å². The smallest absolute Gasteiger partial charge is 0.317 e. The minimum Gasteiger partial charge on any atom is -0.480 e. The van der Waals surface area contributed by atoms with Crippen molar-refractivity contribution in [2.75, 3.05) is 26.2 Å². The molecule has 2 N–H and O–H groups in total. The standard InChI is InChI=1S/C13H25N3O4S/c1-2-15(10-13(17)18)12-8-11(9-12)14-21(19,20)16-6-4-3-5-7-16/h11-12,14H,2-10H2,1H3,(H,17,18). The van der Waals surface area contributed by atoms with Gasteiger partial charge in [-0.05, 0) is 32.2 Å². The van der Waals surface area contributed by atoms with Crippen LogP contribution in [0, 0.1) is 0 Å². The van der Waals surface area contributed by atoms with Crippen LogP contribution in [0.1, 0.15) is 39.0 Å². The molecule has 0 aromatic heterocycles. The van der Waals surface area contributed by atoms with E-state index in [0.717, 1.165) is 19.3 Å². The highest BCUT2D eigenvalue weighted by Crippen LogP contribution is 2.26. The van der Waals surface area contributed by atoms with Crippen LogP contribution in [0.2, 0.25) is 0 Å². The van der Waals surface area contributed by atoms with Crippen molar-refractivity contribution in [3.8, 4) is 0 Å². The Morgan fingerprint density at radius 1 is 1.29 bits per heavy atom. The molecule has 0 bridgehead atoms. The van der Waals surface area contributed by atoms with Gasteiger partial charge in [-0.3, -0.25) is 9.69 Å². The quantitative estimate of drug-likeness (QED) is 0.702. The number of hydrogen-bond acceptors (Lipinski definition) is 4. The first-order chi connectivity index (χ1) is 9.92. The number of carboxylic acid groups (broad SMARTS) is 1. The van der Waals surface area contributed by atoms with Gasteiger partial charge in [-0.25, -0.2) is 0 Å². The van der Waals surface area contributed by atoms with Crippen LogP contribution in [0.5, 0.6) is 0 Å². The highest BCUT2D eigenvalue weighted by Gasteiger charge is 2.37. The van der Waals surface area contributed by atoms with E-state index in [1.165, 1.54) is 4.31 Å². The van der Waals surface area contributed by atoms with Crippen LogP contribution in [0.3, 0.4) is 0 Å². The van der Waals surface area contributed by atoms with Gasteiger partial charge in [-0.15, -0.1) is 0 Å². The topological polar surface area (TPSA) is 90.0 Å². The summed E-state index contributed by atoms with van der Waals surface area (Å²) in [6.07, 6.45) is 4.33. The predicted octanol–water partition coefficient (Wildman–Crippen LogP) is 0.244. The Kier molecular flexibility index (Phi) is 5.59. The number of carboxylic acids is 1. The maximum Gasteiger partial charge on any atom is 0.317 e. The summed E-state index contributed by atoms with van der Waals surface area (Å²) in [5.41, 5.74) is 0. The van der Waals surface area contributed by atoms with Crippen molar-refractivity contribution >= 4 is 16.2 Å². The van der Waals surface area contributed by atoms with Crippen LogP contribution in [0.4, 0.5) is 0 Å². The maximum atomic E-state index is 12.2. The molecule has 1 saturated heterocycles. The molecule has 0 atom stereocenters. The highest BCUT2D eigenvalue weighted by atomic mass is 32.2. The van der Waals surface area contributed by atoms with Gasteiger partial charge in [0.25, 0.3) is 10.2 Å². The Morgan fingerprint density at radius 2 is 1.90 bits per heavy atom. The molecule has 0 aromatic rings. The molecular formula is C13H25N3O4S. The summed E-state index contributed by atoms with van der Waals surface area (Å²) < 4.78 is 28.7. The second-order valence-corrected chi connectivity index (χ2v) is 7.56. The van der Waals surface area contributed by atoms with Gasteiger partial charge in [0.1, 0.15) is 0 Å². The van der Waals surface area contributed by atoms with E-state index in [9.17, 15) is 13.2 Å². The molecule has 122 valence electrons. The second-order valence-electron chi connectivity index (χ2n) is 5.86. The van der Waals surface area contributed by atoms with E-state index in [0.29, 0.717) is 32.5 Å². The molecular weight excluding hydrogens is 294 g/mol. The van der Waals surface area contributed by atoms with Crippen molar-refractivity contribution in [1.29, 1.82) is 0 Å². The molecule has 0 amide bonds. The monoisotopic (exact) mass is 319 g/mol. The van der Waals surface area contributed by atoms with Gasteiger partial charge >= 0.3 is 5.97 Å². The van der Waals surface area contributed by atoms with Crippen LogP contribution in [0.25, 0.3) is 0 Å². The lowest BCUT2D eigenvalue weighted by Gasteiger charge is -2.42. The summed E-state index contributed by atoms with van der Waals surface area (Å²) in [4.78, 5) is 12.7. The molecule has 0 unspecified atom stereocenters. The molecule has 1 aliphatic carbocycles. The van der Waals surface area contributed by atoms with Gasteiger partial charge in [-0.1, -0.05) is 13.3 Å². The summed E-state index contributed by atoms with van der Waals surface area (Å²) in [5, 5.41) is 8.85. The van der Waals surface area contributed by atoms with E-state index in [-0.39, 0.29) is 18.6 Å². The molecule has 1 heterocycles. The first-order valence-electron chi connectivity index (χ1n) is 7.65. The Balaban J connectivity index is 1.80. The lowest BCUT2D eigenvalue weighted by Crippen LogP contribution is -2.57. The Labute approximate surface area is 126 Å². The molecule has 2 fully saturated rings. The molecule has 8 heteroatoms. The van der Waals surface area contributed by atoms with Gasteiger partial charge < -0.3 is 5.11 Å². The summed E-state index contributed by atoms with van der Waals surface area (Å²) in [6, 6.07) is 0.102. The summed E-state index contributed by atoms with van der Waals surface area (Å²) in [6.45, 7) is 3.82. The first-order valence-corrected chi connectivity index (χ1v) is 9.09. The van der Waals surface area contributed by atoms with E-state index in [2.05, 4.69) is 4.72 Å². The molecule has 0 aromatic carbocycles. The van der Waals surface area contributed by atoms with E-state index < -0.39 is 16.2 Å². The van der Waals surface area contributed by atoms with Gasteiger partial charge in [-0.2, -0.15) is 17.4 Å². The summed E-state index contributed by atoms with van der Waals surface area (Å²) in [7, 11) is -3.37. The number of nitrogens with one attached hydrogen (secondary N) is 1. The Morgan fingerprint density at radius 3 is 2.43 bits per heavy atom. The number of hydrogen-bond donors (Lipinski definition) is 2. The van der Waals surface area contributed by atoms with E-state index in [1.54, 1.807) is 0 Å². The number of nitrogens with zero attached hydrogens (tertiary/aromatic N) is 2. The third kappa shape index (κ3) is 4.38. The highest BCUT2D eigenvalue weighted by molar-refractivity contribution is 7.87. The summed E-state index contributed by atoms with van der Waals surface area (Å²) >= 11 is 0. The van der Waals surface area contributed by atoms with Crippen LogP contribution in [-0.2, 0) is 15.0 Å². The molecule has 7 nitrogen and oxygen atoms in total. The van der Waals surface area contributed by atoms with Crippen molar-refractivity contribution in [2.45, 2.75) is 51.1 Å². The van der Waals surface area contributed by atoms with Gasteiger partial charge in [0.05, 0.1) is 6.54 Å². The fourth-order valence-electron chi connectivity index (χ4n) is 3.05. The maximum absolute atomic E-state index is 12.2. The Hall–Kier alpha value is -0.700. The van der Waals surface area contributed by atoms with E-state index in [4.69, 9.17) is 5.11 Å². The molecule has 1 saturated carbocycles. The van der Waals surface area contributed by atoms with Crippen LogP contribution >= 0.6 is 0 Å². The molecule has 2 aliphatic rings. The molecule has 0 radical (unpaired) electrons. The van der Waals surface area contributed by atoms with Crippen molar-refractivity contribution < 1.29 is 18.3 Å². The molecule has 21 heavy (non-hydrogen) atoms. The first kappa shape index (κ1) is 16.7. The van der Waals surface area contributed by atoms with Crippen molar-refractivity contribution in [2.24, 2.45) is 0 Å². The fourth-order valence-corrected chi connectivity index (χ4v) is 4.55. The van der Waals surface area contributed by atoms with E-state index >= 15 is 0 Å². The summed E-state index contributed by atoms with van der Waals surface area (Å²) in [5.74, 6) is -0.839. The van der Waals surface area contributed by atoms with Gasteiger partial charge in [0, 0.05) is 25.2 Å². The van der Waals surface area contributed by atoms with Gasteiger partial charge in [0.2, 0.25) is 0 Å². The van der Waals surface area contributed by atoms with E-state index in [1.807, 2.05) is 11.8 Å². The Bertz CT molecular complexity index is 456. The lowest BCUT2D eigenvalue weighted by molar-refractivity contribution is -0.139. The number of likely N-dealkylation sites (N-methyl/N-ethyl adjacent to an activating group) is 1. The van der Waals surface area contributed by atoms with Gasteiger partial charge in [0.15, 0.2) is 0 Å². The lowest BCUT2D eigenvalue weighted by atomic mass is 9.86. The number of rotatable bonds is 7. The number of piperidine rings is 1. The SMILES string of the molecule is CCN(CC(=O)O)C1CC(NS(=O)(=O)N2CCCCC2)C1. The fraction of sp³-hybridized carbons (Fsp3) is 0.923. The zero-order chi connectivity index (χ0) is 15.5. The average Bonchev–Trinajstić information content (AvgIpc) is 2.41. The van der Waals surface area contributed by atoms with Crippen LogP contribution < -0.4 is 4.72 Å². The minimum atomic E-state index is -3.37. The normalized spacial score (nSPS) is 27.5. The number of carbonyl (C=O) groups is 1.